The van der Waals surface area contributed by atoms with Gasteiger partial charge in [0.25, 0.3) is 0 Å². The Labute approximate surface area is 111 Å². The van der Waals surface area contributed by atoms with E-state index in [1.165, 1.54) is 32.1 Å². The van der Waals surface area contributed by atoms with Crippen molar-refractivity contribution in [1.82, 2.24) is 4.90 Å². The van der Waals surface area contributed by atoms with Crippen molar-refractivity contribution < 1.29 is 9.84 Å². The molecule has 1 rings (SSSR count). The van der Waals surface area contributed by atoms with Gasteiger partial charge in [0.1, 0.15) is 0 Å². The number of nitrogens with zero attached hydrogens (tertiary/aromatic N) is 1. The summed E-state index contributed by atoms with van der Waals surface area (Å²) in [5, 5.41) is 8.67. The highest BCUT2D eigenvalue weighted by atomic mass is 16.5. The molecule has 0 aromatic carbocycles. The van der Waals surface area contributed by atoms with Crippen molar-refractivity contribution in [3.8, 4) is 0 Å². The van der Waals surface area contributed by atoms with Crippen LogP contribution in [-0.2, 0) is 4.74 Å². The summed E-state index contributed by atoms with van der Waals surface area (Å²) in [5.41, 5.74) is 6.37. The van der Waals surface area contributed by atoms with Crippen LogP contribution in [0, 0.1) is 5.41 Å². The summed E-state index contributed by atoms with van der Waals surface area (Å²) in [5.74, 6) is 0. The summed E-state index contributed by atoms with van der Waals surface area (Å²) in [7, 11) is 0. The quantitative estimate of drug-likeness (QED) is 0.611. The zero-order valence-electron chi connectivity index (χ0n) is 11.9. The first-order chi connectivity index (χ1) is 8.76. The van der Waals surface area contributed by atoms with Crippen molar-refractivity contribution in [3.05, 3.63) is 0 Å². The highest BCUT2D eigenvalue weighted by Gasteiger charge is 2.32. The van der Waals surface area contributed by atoms with Crippen LogP contribution in [0.5, 0.6) is 0 Å². The smallest absolute Gasteiger partial charge is 0.0698 e. The number of ether oxygens (including phenoxy) is 1. The maximum absolute atomic E-state index is 8.67. The van der Waals surface area contributed by atoms with Gasteiger partial charge >= 0.3 is 0 Å². The molecule has 1 aliphatic rings. The van der Waals surface area contributed by atoms with Gasteiger partial charge < -0.3 is 20.5 Å². The second-order valence-electron chi connectivity index (χ2n) is 5.47. The van der Waals surface area contributed by atoms with E-state index in [-0.39, 0.29) is 6.61 Å². The Morgan fingerprint density at radius 1 is 1.22 bits per heavy atom. The molecule has 1 saturated carbocycles. The molecule has 108 valence electrons. The van der Waals surface area contributed by atoms with E-state index in [0.717, 1.165) is 26.2 Å². The zero-order valence-corrected chi connectivity index (χ0v) is 11.9. The maximum Gasteiger partial charge on any atom is 0.0698 e. The van der Waals surface area contributed by atoms with E-state index in [4.69, 9.17) is 15.6 Å². The fourth-order valence-corrected chi connectivity index (χ4v) is 2.91. The molecule has 0 aromatic rings. The second kappa shape index (κ2) is 8.86. The van der Waals surface area contributed by atoms with Crippen LogP contribution in [0.25, 0.3) is 0 Å². The molecule has 0 spiro atoms. The van der Waals surface area contributed by atoms with Crippen LogP contribution >= 0.6 is 0 Å². The van der Waals surface area contributed by atoms with Gasteiger partial charge in [0.2, 0.25) is 0 Å². The molecule has 1 fully saturated rings. The summed E-state index contributed by atoms with van der Waals surface area (Å²) >= 11 is 0. The number of rotatable bonds is 9. The van der Waals surface area contributed by atoms with Crippen molar-refractivity contribution in [2.45, 2.75) is 39.0 Å². The summed E-state index contributed by atoms with van der Waals surface area (Å²) in [6.07, 6.45) is 6.58. The van der Waals surface area contributed by atoms with Crippen molar-refractivity contribution in [1.29, 1.82) is 0 Å². The molecule has 0 saturated heterocycles. The van der Waals surface area contributed by atoms with Crippen LogP contribution in [-0.4, -0.2) is 56.0 Å². The molecule has 3 N–H and O–H groups in total. The molecular weight excluding hydrogens is 228 g/mol. The van der Waals surface area contributed by atoms with Crippen molar-refractivity contribution in [2.75, 3.05) is 46.0 Å². The normalized spacial score (nSPS) is 19.3. The Morgan fingerprint density at radius 3 is 2.50 bits per heavy atom. The monoisotopic (exact) mass is 258 g/mol. The zero-order chi connectivity index (χ0) is 13.3. The van der Waals surface area contributed by atoms with Crippen LogP contribution in [0.15, 0.2) is 0 Å². The van der Waals surface area contributed by atoms with Gasteiger partial charge in [0.05, 0.1) is 19.8 Å². The van der Waals surface area contributed by atoms with E-state index >= 15 is 0 Å². The summed E-state index contributed by atoms with van der Waals surface area (Å²) in [6.45, 7) is 7.35. The van der Waals surface area contributed by atoms with Crippen LogP contribution in [0.3, 0.4) is 0 Å². The van der Waals surface area contributed by atoms with E-state index in [1.807, 2.05) is 0 Å². The Kier molecular flexibility index (Phi) is 7.82. The lowest BCUT2D eigenvalue weighted by molar-refractivity contribution is 0.0549. The second-order valence-corrected chi connectivity index (χ2v) is 5.47. The predicted molar refractivity (Wildman–Crippen MR) is 74.6 cm³/mol. The number of likely N-dealkylation sites (N-methyl/N-ethyl adjacent to an activating group) is 1. The van der Waals surface area contributed by atoms with E-state index in [2.05, 4.69) is 11.8 Å². The Bertz CT molecular complexity index is 206. The van der Waals surface area contributed by atoms with E-state index in [0.29, 0.717) is 18.6 Å². The minimum Gasteiger partial charge on any atom is -0.394 e. The highest BCUT2D eigenvalue weighted by Crippen LogP contribution is 2.35. The molecule has 0 radical (unpaired) electrons. The first kappa shape index (κ1) is 15.9. The van der Waals surface area contributed by atoms with Gasteiger partial charge in [-0.3, -0.25) is 0 Å². The number of hydrogen-bond acceptors (Lipinski definition) is 4. The third kappa shape index (κ3) is 5.22. The van der Waals surface area contributed by atoms with E-state index in [9.17, 15) is 0 Å². The first-order valence-electron chi connectivity index (χ1n) is 7.37. The molecule has 0 aromatic heterocycles. The third-order valence-corrected chi connectivity index (χ3v) is 4.14. The molecule has 18 heavy (non-hydrogen) atoms. The van der Waals surface area contributed by atoms with Crippen LogP contribution in [0.1, 0.15) is 39.0 Å². The molecule has 0 heterocycles. The van der Waals surface area contributed by atoms with Crippen LogP contribution < -0.4 is 5.73 Å². The van der Waals surface area contributed by atoms with Gasteiger partial charge in [0.15, 0.2) is 0 Å². The lowest BCUT2D eigenvalue weighted by atomic mass is 9.73. The topological polar surface area (TPSA) is 58.7 Å². The largest absolute Gasteiger partial charge is 0.394 e. The fourth-order valence-electron chi connectivity index (χ4n) is 2.91. The minimum atomic E-state index is 0.110. The number of aliphatic hydroxyl groups excluding tert-OH is 1. The van der Waals surface area contributed by atoms with Gasteiger partial charge in [0, 0.05) is 13.1 Å². The molecule has 0 amide bonds. The average Bonchev–Trinajstić information content (AvgIpc) is 2.43. The summed E-state index contributed by atoms with van der Waals surface area (Å²) in [6, 6.07) is 0. The van der Waals surface area contributed by atoms with Crippen molar-refractivity contribution in [2.24, 2.45) is 11.1 Å². The lowest BCUT2D eigenvalue weighted by Crippen LogP contribution is -2.44. The van der Waals surface area contributed by atoms with Crippen LogP contribution in [0.4, 0.5) is 0 Å². The Hall–Kier alpha value is -0.160. The van der Waals surface area contributed by atoms with Crippen molar-refractivity contribution >= 4 is 0 Å². The van der Waals surface area contributed by atoms with Gasteiger partial charge in [-0.2, -0.15) is 0 Å². The van der Waals surface area contributed by atoms with E-state index < -0.39 is 0 Å². The predicted octanol–water partition coefficient (Wildman–Crippen LogP) is 1.23. The van der Waals surface area contributed by atoms with Crippen LogP contribution in [0.2, 0.25) is 0 Å². The van der Waals surface area contributed by atoms with Gasteiger partial charge in [-0.25, -0.2) is 0 Å². The minimum absolute atomic E-state index is 0.110. The molecule has 0 bridgehead atoms. The third-order valence-electron chi connectivity index (χ3n) is 4.14. The lowest BCUT2D eigenvalue weighted by Gasteiger charge is -2.40. The molecular formula is C14H30N2O2. The molecule has 0 atom stereocenters. The Balaban J connectivity index is 2.34. The van der Waals surface area contributed by atoms with Crippen molar-refractivity contribution in [3.63, 3.8) is 0 Å². The number of nitrogens with two attached hydrogens (primary N) is 1. The number of hydrogen-bond donors (Lipinski definition) is 2. The van der Waals surface area contributed by atoms with Gasteiger partial charge in [-0.15, -0.1) is 0 Å². The SMILES string of the molecule is CCN(CCOCCO)CC1(CN)CCCCC1. The fraction of sp³-hybridized carbons (Fsp3) is 1.00. The Morgan fingerprint density at radius 2 is 1.94 bits per heavy atom. The molecule has 0 unspecified atom stereocenters. The molecule has 0 aliphatic heterocycles. The summed E-state index contributed by atoms with van der Waals surface area (Å²) in [4.78, 5) is 2.44. The molecule has 1 aliphatic carbocycles. The van der Waals surface area contributed by atoms with Gasteiger partial charge in [-0.05, 0) is 31.3 Å². The maximum atomic E-state index is 8.67. The average molecular weight is 258 g/mol. The van der Waals surface area contributed by atoms with E-state index in [1.54, 1.807) is 0 Å². The first-order valence-corrected chi connectivity index (χ1v) is 7.37. The molecule has 4 nitrogen and oxygen atoms in total. The number of aliphatic hydroxyl groups is 1. The molecule has 4 heteroatoms. The van der Waals surface area contributed by atoms with Gasteiger partial charge in [-0.1, -0.05) is 26.2 Å². The highest BCUT2D eigenvalue weighted by molar-refractivity contribution is 4.86. The standard InChI is InChI=1S/C14H30N2O2/c1-2-16(8-10-18-11-9-17)13-14(12-15)6-4-3-5-7-14/h17H,2-13,15H2,1H3. The summed E-state index contributed by atoms with van der Waals surface area (Å²) < 4.78 is 5.35.